The molecule has 0 atom stereocenters. The number of anilines is 1. The Labute approximate surface area is 187 Å². The Morgan fingerprint density at radius 3 is 2.58 bits per heavy atom. The number of carbonyl (C=O) groups is 1. The van der Waals surface area contributed by atoms with Crippen molar-refractivity contribution in [2.45, 2.75) is 13.2 Å². The first-order valence-corrected chi connectivity index (χ1v) is 9.97. The molecule has 2 aromatic carbocycles. The number of furan rings is 1. The second-order valence-corrected chi connectivity index (χ2v) is 7.40. The molecule has 0 aliphatic rings. The molecule has 0 saturated carbocycles. The molecular formula is C22H16Cl2FN3O3. The Bertz CT molecular complexity index is 1180. The van der Waals surface area contributed by atoms with Crippen molar-refractivity contribution in [3.05, 3.63) is 99.9 Å². The maximum atomic E-state index is 12.9. The van der Waals surface area contributed by atoms with Gasteiger partial charge in [0.15, 0.2) is 5.76 Å². The molecule has 9 heteroatoms. The molecule has 0 bridgehead atoms. The van der Waals surface area contributed by atoms with E-state index in [1.54, 1.807) is 41.2 Å². The van der Waals surface area contributed by atoms with Crippen LogP contribution in [0.5, 0.6) is 5.75 Å². The van der Waals surface area contributed by atoms with E-state index in [0.29, 0.717) is 33.8 Å². The second kappa shape index (κ2) is 9.24. The highest BCUT2D eigenvalue weighted by atomic mass is 35.5. The van der Waals surface area contributed by atoms with Crippen LogP contribution >= 0.6 is 23.2 Å². The summed E-state index contributed by atoms with van der Waals surface area (Å²) in [6.07, 6.45) is 3.18. The third-order valence-corrected chi connectivity index (χ3v) is 5.06. The van der Waals surface area contributed by atoms with Crippen LogP contribution in [-0.2, 0) is 13.2 Å². The lowest BCUT2D eigenvalue weighted by atomic mass is 10.2. The molecular weight excluding hydrogens is 444 g/mol. The number of rotatable bonds is 7. The summed E-state index contributed by atoms with van der Waals surface area (Å²) in [7, 11) is 0. The highest BCUT2D eigenvalue weighted by Gasteiger charge is 2.14. The number of amides is 1. The van der Waals surface area contributed by atoms with Crippen molar-refractivity contribution in [3.63, 3.8) is 0 Å². The van der Waals surface area contributed by atoms with Crippen molar-refractivity contribution in [1.82, 2.24) is 9.78 Å². The molecule has 0 saturated heterocycles. The Morgan fingerprint density at radius 2 is 1.84 bits per heavy atom. The van der Waals surface area contributed by atoms with E-state index in [-0.39, 0.29) is 18.2 Å². The lowest BCUT2D eigenvalue weighted by Crippen LogP contribution is -2.10. The van der Waals surface area contributed by atoms with Crippen molar-refractivity contribution in [2.24, 2.45) is 0 Å². The molecule has 1 amide bonds. The molecule has 0 radical (unpaired) electrons. The van der Waals surface area contributed by atoms with E-state index in [4.69, 9.17) is 32.4 Å². The van der Waals surface area contributed by atoms with Crippen molar-refractivity contribution < 1.29 is 18.3 Å². The van der Waals surface area contributed by atoms with Crippen LogP contribution < -0.4 is 10.1 Å². The maximum Gasteiger partial charge on any atom is 0.291 e. The SMILES string of the molecule is O=C(Nc1cnn(Cc2c(Cl)cccc2Cl)c1)c1ccc(COc2ccc(F)cc2)o1. The van der Waals surface area contributed by atoms with E-state index >= 15 is 0 Å². The average Bonchev–Trinajstić information content (AvgIpc) is 3.40. The Morgan fingerprint density at radius 1 is 1.10 bits per heavy atom. The zero-order valence-corrected chi connectivity index (χ0v) is 17.5. The van der Waals surface area contributed by atoms with E-state index in [1.165, 1.54) is 30.5 Å². The predicted molar refractivity (Wildman–Crippen MR) is 115 cm³/mol. The van der Waals surface area contributed by atoms with Crippen LogP contribution in [0.25, 0.3) is 0 Å². The monoisotopic (exact) mass is 459 g/mol. The normalized spacial score (nSPS) is 10.8. The van der Waals surface area contributed by atoms with E-state index in [2.05, 4.69) is 10.4 Å². The quantitative estimate of drug-likeness (QED) is 0.379. The van der Waals surface area contributed by atoms with Crippen LogP contribution in [0.3, 0.4) is 0 Å². The summed E-state index contributed by atoms with van der Waals surface area (Å²) in [6.45, 7) is 0.468. The summed E-state index contributed by atoms with van der Waals surface area (Å²) in [5.41, 5.74) is 1.23. The molecule has 6 nitrogen and oxygen atoms in total. The third-order valence-electron chi connectivity index (χ3n) is 4.35. The molecule has 1 N–H and O–H groups in total. The van der Waals surface area contributed by atoms with E-state index < -0.39 is 5.91 Å². The zero-order chi connectivity index (χ0) is 21.8. The van der Waals surface area contributed by atoms with Gasteiger partial charge in [0, 0.05) is 21.8 Å². The van der Waals surface area contributed by atoms with Gasteiger partial charge in [0.2, 0.25) is 0 Å². The van der Waals surface area contributed by atoms with Crippen LogP contribution in [0, 0.1) is 5.82 Å². The summed E-state index contributed by atoms with van der Waals surface area (Å²) in [5.74, 6) is 0.305. The van der Waals surface area contributed by atoms with E-state index in [0.717, 1.165) is 5.56 Å². The van der Waals surface area contributed by atoms with Crippen molar-refractivity contribution >= 4 is 34.8 Å². The highest BCUT2D eigenvalue weighted by Crippen LogP contribution is 2.25. The van der Waals surface area contributed by atoms with Gasteiger partial charge in [-0.3, -0.25) is 9.48 Å². The number of nitrogens with zero attached hydrogens (tertiary/aromatic N) is 2. The number of nitrogens with one attached hydrogen (secondary N) is 1. The average molecular weight is 460 g/mol. The summed E-state index contributed by atoms with van der Waals surface area (Å²) in [4.78, 5) is 12.4. The summed E-state index contributed by atoms with van der Waals surface area (Å²) >= 11 is 12.4. The maximum absolute atomic E-state index is 12.9. The first-order valence-electron chi connectivity index (χ1n) is 9.22. The number of carbonyl (C=O) groups excluding carboxylic acids is 1. The number of ether oxygens (including phenoxy) is 1. The standard InChI is InChI=1S/C22H16Cl2FN3O3/c23-19-2-1-3-20(24)18(19)12-28-11-15(10-26-28)27-22(29)21-9-8-17(31-21)13-30-16-6-4-14(25)5-7-16/h1-11H,12-13H2,(H,27,29). The van der Waals surface area contributed by atoms with Gasteiger partial charge in [-0.2, -0.15) is 5.10 Å². The van der Waals surface area contributed by atoms with Gasteiger partial charge in [0.05, 0.1) is 18.4 Å². The molecule has 0 unspecified atom stereocenters. The topological polar surface area (TPSA) is 69.3 Å². The fraction of sp³-hybridized carbons (Fsp3) is 0.0909. The molecule has 0 fully saturated rings. The number of benzene rings is 2. The lowest BCUT2D eigenvalue weighted by Gasteiger charge is -2.06. The fourth-order valence-corrected chi connectivity index (χ4v) is 3.33. The summed E-state index contributed by atoms with van der Waals surface area (Å²) in [6, 6.07) is 14.1. The summed E-state index contributed by atoms with van der Waals surface area (Å²) in [5, 5.41) is 8.03. The molecule has 2 aromatic heterocycles. The molecule has 4 aromatic rings. The van der Waals surface area contributed by atoms with Crippen LogP contribution in [-0.4, -0.2) is 15.7 Å². The van der Waals surface area contributed by atoms with Crippen LogP contribution in [0.1, 0.15) is 21.9 Å². The van der Waals surface area contributed by atoms with Gasteiger partial charge in [0.25, 0.3) is 5.91 Å². The van der Waals surface area contributed by atoms with Crippen molar-refractivity contribution in [3.8, 4) is 5.75 Å². The van der Waals surface area contributed by atoms with E-state index in [9.17, 15) is 9.18 Å². The van der Waals surface area contributed by atoms with Crippen LogP contribution in [0.4, 0.5) is 10.1 Å². The largest absolute Gasteiger partial charge is 0.486 e. The van der Waals surface area contributed by atoms with E-state index in [1.807, 2.05) is 0 Å². The molecule has 0 spiro atoms. The van der Waals surface area contributed by atoms with Gasteiger partial charge in [-0.05, 0) is 48.5 Å². The number of halogens is 3. The molecule has 31 heavy (non-hydrogen) atoms. The van der Waals surface area contributed by atoms with Gasteiger partial charge >= 0.3 is 0 Å². The van der Waals surface area contributed by atoms with Gasteiger partial charge in [0.1, 0.15) is 23.9 Å². The summed E-state index contributed by atoms with van der Waals surface area (Å²) < 4.78 is 25.6. The lowest BCUT2D eigenvalue weighted by molar-refractivity contribution is 0.0992. The van der Waals surface area contributed by atoms with Gasteiger partial charge < -0.3 is 14.5 Å². The fourth-order valence-electron chi connectivity index (χ4n) is 2.82. The predicted octanol–water partition coefficient (Wildman–Crippen LogP) is 5.80. The number of hydrogen-bond donors (Lipinski definition) is 1. The number of aromatic nitrogens is 2. The van der Waals surface area contributed by atoms with Gasteiger partial charge in [-0.25, -0.2) is 4.39 Å². The van der Waals surface area contributed by atoms with Crippen molar-refractivity contribution in [1.29, 1.82) is 0 Å². The Hall–Kier alpha value is -3.29. The van der Waals surface area contributed by atoms with Crippen LogP contribution in [0.2, 0.25) is 10.0 Å². The molecule has 0 aliphatic heterocycles. The molecule has 4 rings (SSSR count). The van der Waals surface area contributed by atoms with Crippen LogP contribution in [0.15, 0.2) is 71.4 Å². The number of hydrogen-bond acceptors (Lipinski definition) is 4. The Balaban J connectivity index is 1.35. The minimum Gasteiger partial charge on any atom is -0.486 e. The van der Waals surface area contributed by atoms with Gasteiger partial charge in [-0.1, -0.05) is 29.3 Å². The molecule has 0 aliphatic carbocycles. The molecule has 158 valence electrons. The first kappa shape index (κ1) is 21.0. The zero-order valence-electron chi connectivity index (χ0n) is 16.0. The van der Waals surface area contributed by atoms with Gasteiger partial charge in [-0.15, -0.1) is 0 Å². The third kappa shape index (κ3) is 5.25. The second-order valence-electron chi connectivity index (χ2n) is 6.59. The minimum atomic E-state index is -0.427. The smallest absolute Gasteiger partial charge is 0.291 e. The highest BCUT2D eigenvalue weighted by molar-refractivity contribution is 6.35. The first-order chi connectivity index (χ1) is 15.0. The molecule has 2 heterocycles. The Kier molecular flexibility index (Phi) is 6.25. The van der Waals surface area contributed by atoms with Crippen molar-refractivity contribution in [2.75, 3.05) is 5.32 Å². The minimum absolute atomic E-state index is 0.107.